The lowest BCUT2D eigenvalue weighted by Crippen LogP contribution is -2.31. The van der Waals surface area contributed by atoms with E-state index in [-0.39, 0.29) is 23.3 Å². The lowest BCUT2D eigenvalue weighted by Gasteiger charge is -2.16. The third kappa shape index (κ3) is 4.14. The lowest BCUT2D eigenvalue weighted by atomic mass is 10.2. The Balaban J connectivity index is 1.63. The van der Waals surface area contributed by atoms with Gasteiger partial charge in [0.2, 0.25) is 5.91 Å². The molecule has 2 aromatic heterocycles. The van der Waals surface area contributed by atoms with Crippen molar-refractivity contribution in [3.63, 3.8) is 0 Å². The third-order valence-electron chi connectivity index (χ3n) is 5.24. The summed E-state index contributed by atoms with van der Waals surface area (Å²) >= 11 is 3.00. The molecule has 0 radical (unpaired) electrons. The lowest BCUT2D eigenvalue weighted by molar-refractivity contribution is -0.118. The molecule has 28 heavy (non-hydrogen) atoms. The summed E-state index contributed by atoms with van der Waals surface area (Å²) in [6.45, 7) is 6.06. The molecule has 6 nitrogen and oxygen atoms in total. The molecule has 1 aliphatic carbocycles. The molecule has 2 aliphatic rings. The second kappa shape index (κ2) is 8.55. The minimum absolute atomic E-state index is 0.0228. The number of nitrogens with zero attached hydrogens (tertiary/aromatic N) is 2. The average Bonchev–Trinajstić information content (AvgIpc) is 3.37. The molecule has 1 fully saturated rings. The fourth-order valence-electron chi connectivity index (χ4n) is 3.82. The van der Waals surface area contributed by atoms with Crippen LogP contribution in [0, 0.1) is 5.92 Å². The molecule has 8 heteroatoms. The Hall–Kier alpha value is -1.38. The van der Waals surface area contributed by atoms with Crippen LogP contribution in [0.1, 0.15) is 43.6 Å². The van der Waals surface area contributed by atoms with Crippen LogP contribution < -0.4 is 10.9 Å². The van der Waals surface area contributed by atoms with E-state index in [0.717, 1.165) is 48.9 Å². The van der Waals surface area contributed by atoms with E-state index in [1.54, 1.807) is 15.9 Å². The number of hydrogen-bond acceptors (Lipinski definition) is 6. The summed E-state index contributed by atoms with van der Waals surface area (Å²) in [5.74, 6) is 0.654. The van der Waals surface area contributed by atoms with Gasteiger partial charge >= 0.3 is 0 Å². The molecule has 1 atom stereocenters. The van der Waals surface area contributed by atoms with Gasteiger partial charge in [-0.3, -0.25) is 14.2 Å². The fraction of sp³-hybridized carbons (Fsp3) is 0.650. The Kier molecular flexibility index (Phi) is 6.08. The molecule has 1 amide bonds. The Morgan fingerprint density at radius 3 is 3.00 bits per heavy atom. The molecule has 0 unspecified atom stereocenters. The first-order valence-electron chi connectivity index (χ1n) is 10.1. The van der Waals surface area contributed by atoms with E-state index >= 15 is 0 Å². The molecule has 0 saturated carbocycles. The normalized spacial score (nSPS) is 18.9. The number of fused-ring (bicyclic) bond motifs is 3. The number of amides is 1. The maximum Gasteiger partial charge on any atom is 0.263 e. The van der Waals surface area contributed by atoms with Crippen molar-refractivity contribution in [2.75, 3.05) is 18.9 Å². The van der Waals surface area contributed by atoms with Crippen LogP contribution in [0.15, 0.2) is 9.95 Å². The minimum atomic E-state index is -0.0228. The standard InChI is InChI=1S/C20H27N3O3S2/c1-12(2)9-21-16(24)11-27-20-22-18-17(14-6-3-7-15(14)28-18)19(25)23(20)10-13-5-4-8-26-13/h12-13H,3-11H2,1-2H3,(H,21,24)/t13-/m0/s1. The first kappa shape index (κ1) is 19.9. The number of ether oxygens (including phenoxy) is 1. The highest BCUT2D eigenvalue weighted by Gasteiger charge is 2.25. The molecule has 3 heterocycles. The van der Waals surface area contributed by atoms with Gasteiger partial charge in [0.05, 0.1) is 23.8 Å². The molecule has 0 aromatic carbocycles. The van der Waals surface area contributed by atoms with Gasteiger partial charge in [0.1, 0.15) is 4.83 Å². The SMILES string of the molecule is CC(C)CNC(=O)CSc1nc2sc3c(c2c(=O)n1C[C@@H]1CCCO1)CCC3. The summed E-state index contributed by atoms with van der Waals surface area (Å²) in [5.41, 5.74) is 1.23. The van der Waals surface area contributed by atoms with Gasteiger partial charge in [0.25, 0.3) is 5.56 Å². The zero-order chi connectivity index (χ0) is 19.7. The molecule has 2 aromatic rings. The van der Waals surface area contributed by atoms with Crippen molar-refractivity contribution in [2.24, 2.45) is 5.92 Å². The van der Waals surface area contributed by atoms with Gasteiger partial charge in [-0.1, -0.05) is 25.6 Å². The molecule has 1 aliphatic heterocycles. The number of carbonyl (C=O) groups is 1. The predicted octanol–water partition coefficient (Wildman–Crippen LogP) is 2.99. The van der Waals surface area contributed by atoms with Gasteiger partial charge < -0.3 is 10.1 Å². The Labute approximate surface area is 173 Å². The van der Waals surface area contributed by atoms with Gasteiger partial charge in [-0.25, -0.2) is 4.98 Å². The fourth-order valence-corrected chi connectivity index (χ4v) is 5.96. The van der Waals surface area contributed by atoms with Gasteiger partial charge in [-0.15, -0.1) is 11.3 Å². The summed E-state index contributed by atoms with van der Waals surface area (Å²) in [5, 5.41) is 4.36. The summed E-state index contributed by atoms with van der Waals surface area (Å²) in [7, 11) is 0. The van der Waals surface area contributed by atoms with Crippen LogP contribution in [0.4, 0.5) is 0 Å². The van der Waals surface area contributed by atoms with Gasteiger partial charge in [0.15, 0.2) is 5.16 Å². The molecule has 4 rings (SSSR count). The highest BCUT2D eigenvalue weighted by Crippen LogP contribution is 2.35. The van der Waals surface area contributed by atoms with E-state index in [1.807, 2.05) is 0 Å². The smallest absolute Gasteiger partial charge is 0.263 e. The van der Waals surface area contributed by atoms with Gasteiger partial charge in [-0.05, 0) is 43.6 Å². The van der Waals surface area contributed by atoms with Gasteiger partial charge in [-0.2, -0.15) is 0 Å². The zero-order valence-electron chi connectivity index (χ0n) is 16.5. The minimum Gasteiger partial charge on any atom is -0.376 e. The maximum absolute atomic E-state index is 13.4. The summed E-state index contributed by atoms with van der Waals surface area (Å²) in [4.78, 5) is 32.5. The number of aryl methyl sites for hydroxylation is 2. The summed E-state index contributed by atoms with van der Waals surface area (Å²) in [6.07, 6.45) is 5.18. The highest BCUT2D eigenvalue weighted by molar-refractivity contribution is 7.99. The average molecular weight is 422 g/mol. The van der Waals surface area contributed by atoms with Crippen LogP contribution in [0.25, 0.3) is 10.2 Å². The Morgan fingerprint density at radius 2 is 2.25 bits per heavy atom. The van der Waals surface area contributed by atoms with Crippen molar-refractivity contribution >= 4 is 39.2 Å². The largest absolute Gasteiger partial charge is 0.376 e. The third-order valence-corrected chi connectivity index (χ3v) is 7.40. The number of aromatic nitrogens is 2. The molecule has 1 N–H and O–H groups in total. The Bertz CT molecular complexity index is 929. The van der Waals surface area contributed by atoms with Crippen molar-refractivity contribution in [1.29, 1.82) is 0 Å². The number of thioether (sulfide) groups is 1. The van der Waals surface area contributed by atoms with Crippen molar-refractivity contribution < 1.29 is 9.53 Å². The molecule has 1 saturated heterocycles. The van der Waals surface area contributed by atoms with E-state index in [4.69, 9.17) is 9.72 Å². The molecular weight excluding hydrogens is 394 g/mol. The number of hydrogen-bond donors (Lipinski definition) is 1. The second-order valence-electron chi connectivity index (χ2n) is 7.97. The molecule has 152 valence electrons. The van der Waals surface area contributed by atoms with E-state index in [9.17, 15) is 9.59 Å². The highest BCUT2D eigenvalue weighted by atomic mass is 32.2. The summed E-state index contributed by atoms with van der Waals surface area (Å²) < 4.78 is 7.52. The summed E-state index contributed by atoms with van der Waals surface area (Å²) in [6, 6.07) is 0. The van der Waals surface area contributed by atoms with Crippen LogP contribution >= 0.6 is 23.1 Å². The number of nitrogens with one attached hydrogen (secondary N) is 1. The van der Waals surface area contributed by atoms with E-state index < -0.39 is 0 Å². The van der Waals surface area contributed by atoms with Crippen LogP contribution in [-0.4, -0.2) is 40.5 Å². The van der Waals surface area contributed by atoms with Crippen molar-refractivity contribution in [2.45, 2.75) is 63.8 Å². The first-order chi connectivity index (χ1) is 13.5. The monoisotopic (exact) mass is 421 g/mol. The van der Waals surface area contributed by atoms with Crippen LogP contribution in [0.3, 0.4) is 0 Å². The predicted molar refractivity (Wildman–Crippen MR) is 113 cm³/mol. The number of carbonyl (C=O) groups excluding carboxylic acids is 1. The second-order valence-corrected chi connectivity index (χ2v) is 10.00. The van der Waals surface area contributed by atoms with Crippen LogP contribution in [0.2, 0.25) is 0 Å². The van der Waals surface area contributed by atoms with Crippen molar-refractivity contribution in [3.8, 4) is 0 Å². The van der Waals surface area contributed by atoms with Crippen LogP contribution in [0.5, 0.6) is 0 Å². The van der Waals surface area contributed by atoms with Gasteiger partial charge in [0, 0.05) is 18.0 Å². The first-order valence-corrected chi connectivity index (χ1v) is 11.9. The van der Waals surface area contributed by atoms with Crippen molar-refractivity contribution in [3.05, 3.63) is 20.8 Å². The number of rotatable bonds is 7. The quantitative estimate of drug-likeness (QED) is 0.550. The van der Waals surface area contributed by atoms with E-state index in [2.05, 4.69) is 19.2 Å². The molecule has 0 bridgehead atoms. The maximum atomic E-state index is 13.4. The van der Waals surface area contributed by atoms with E-state index in [0.29, 0.717) is 24.2 Å². The van der Waals surface area contributed by atoms with Crippen LogP contribution in [-0.2, 0) is 28.9 Å². The Morgan fingerprint density at radius 1 is 1.39 bits per heavy atom. The topological polar surface area (TPSA) is 73.2 Å². The van der Waals surface area contributed by atoms with E-state index in [1.165, 1.54) is 22.2 Å². The zero-order valence-corrected chi connectivity index (χ0v) is 18.1. The number of thiophene rings is 1. The molecular formula is C20H27N3O3S2. The van der Waals surface area contributed by atoms with Crippen molar-refractivity contribution in [1.82, 2.24) is 14.9 Å². The molecule has 0 spiro atoms.